The molecule has 0 aromatic heterocycles. The Morgan fingerprint density at radius 1 is 0.643 bits per heavy atom. The van der Waals surface area contributed by atoms with Crippen molar-refractivity contribution in [3.63, 3.8) is 0 Å². The summed E-state index contributed by atoms with van der Waals surface area (Å²) in [7, 11) is 0. The molecule has 2 saturated carbocycles. The molecule has 2 fully saturated rings. The van der Waals surface area contributed by atoms with Gasteiger partial charge in [0.25, 0.3) is 0 Å². The molecular formula is C12H10O2. The third-order valence-electron chi connectivity index (χ3n) is 4.51. The Morgan fingerprint density at radius 2 is 1.00 bits per heavy atom. The van der Waals surface area contributed by atoms with Gasteiger partial charge in [-0.3, -0.25) is 9.59 Å². The minimum absolute atomic E-state index is 0.0451. The van der Waals surface area contributed by atoms with Gasteiger partial charge in [0.1, 0.15) is 0 Å². The molecule has 0 aliphatic heterocycles. The van der Waals surface area contributed by atoms with Crippen LogP contribution in [0, 0.1) is 35.5 Å². The Labute approximate surface area is 81.7 Å². The summed E-state index contributed by atoms with van der Waals surface area (Å²) < 4.78 is 0. The Hall–Kier alpha value is -1.18. The lowest BCUT2D eigenvalue weighted by Gasteiger charge is -2.58. The van der Waals surface area contributed by atoms with Crippen LogP contribution in [-0.4, -0.2) is 11.6 Å². The van der Waals surface area contributed by atoms with Gasteiger partial charge in [0.15, 0.2) is 0 Å². The van der Waals surface area contributed by atoms with E-state index in [0.29, 0.717) is 23.7 Å². The first kappa shape index (κ1) is 7.16. The zero-order valence-electron chi connectivity index (χ0n) is 7.59. The Morgan fingerprint density at radius 3 is 1.36 bits per heavy atom. The topological polar surface area (TPSA) is 34.1 Å². The highest BCUT2D eigenvalue weighted by Crippen LogP contribution is 2.59. The minimum Gasteiger partial charge on any atom is -0.291 e. The van der Waals surface area contributed by atoms with Crippen LogP contribution in [0.2, 0.25) is 0 Å². The van der Waals surface area contributed by atoms with Crippen molar-refractivity contribution in [1.82, 2.24) is 0 Å². The molecule has 5 aliphatic carbocycles. The van der Waals surface area contributed by atoms with Crippen molar-refractivity contribution < 1.29 is 9.59 Å². The lowest BCUT2D eigenvalue weighted by atomic mass is 9.43. The predicted octanol–water partition coefficient (Wildman–Crippen LogP) is 0.989. The first-order valence-electron chi connectivity index (χ1n) is 5.24. The predicted molar refractivity (Wildman–Crippen MR) is 49.2 cm³/mol. The van der Waals surface area contributed by atoms with E-state index in [1.807, 2.05) is 0 Å². The fourth-order valence-electron chi connectivity index (χ4n) is 3.76. The molecule has 14 heavy (non-hydrogen) atoms. The van der Waals surface area contributed by atoms with Gasteiger partial charge in [-0.25, -0.2) is 0 Å². The number of ketones is 2. The van der Waals surface area contributed by atoms with Crippen molar-refractivity contribution in [1.29, 1.82) is 0 Å². The van der Waals surface area contributed by atoms with Crippen LogP contribution in [0.4, 0.5) is 0 Å². The van der Waals surface area contributed by atoms with Crippen molar-refractivity contribution in [3.05, 3.63) is 24.3 Å². The van der Waals surface area contributed by atoms with Crippen molar-refractivity contribution >= 4 is 11.6 Å². The van der Waals surface area contributed by atoms with E-state index in [1.54, 1.807) is 0 Å². The summed E-state index contributed by atoms with van der Waals surface area (Å²) >= 11 is 0. The second kappa shape index (κ2) is 1.92. The van der Waals surface area contributed by atoms with Gasteiger partial charge in [-0.05, 0) is 23.7 Å². The lowest BCUT2D eigenvalue weighted by Crippen LogP contribution is -2.64. The Bertz CT molecular complexity index is 380. The van der Waals surface area contributed by atoms with Gasteiger partial charge in [0.2, 0.25) is 11.6 Å². The molecule has 2 nitrogen and oxygen atoms in total. The molecule has 6 atom stereocenters. The second-order valence-electron chi connectivity index (χ2n) is 4.86. The molecule has 70 valence electrons. The summed E-state index contributed by atoms with van der Waals surface area (Å²) in [5, 5.41) is 0. The first-order chi connectivity index (χ1) is 6.79. The van der Waals surface area contributed by atoms with E-state index in [9.17, 15) is 9.59 Å². The molecular weight excluding hydrogens is 176 g/mol. The molecule has 0 spiro atoms. The van der Waals surface area contributed by atoms with E-state index in [0.717, 1.165) is 0 Å². The molecule has 0 aromatic carbocycles. The van der Waals surface area contributed by atoms with Crippen LogP contribution in [-0.2, 0) is 9.59 Å². The minimum atomic E-state index is -0.104. The number of allylic oxidation sites excluding steroid dienone is 4. The fourth-order valence-corrected chi connectivity index (χ4v) is 3.76. The molecule has 5 aliphatic rings. The quantitative estimate of drug-likeness (QED) is 0.417. The SMILES string of the molecule is O=C1C(=O)C2C3C=CC(C4C=CC43)C12. The first-order valence-corrected chi connectivity index (χ1v) is 5.24. The zero-order valence-corrected chi connectivity index (χ0v) is 7.59. The lowest BCUT2D eigenvalue weighted by molar-refractivity contribution is -0.163. The average molecular weight is 186 g/mol. The molecule has 6 unspecified atom stereocenters. The number of rotatable bonds is 0. The molecule has 0 N–H and O–H groups in total. The second-order valence-corrected chi connectivity index (χ2v) is 4.86. The van der Waals surface area contributed by atoms with Crippen molar-refractivity contribution in [2.45, 2.75) is 0 Å². The van der Waals surface area contributed by atoms with Gasteiger partial charge in [0, 0.05) is 11.8 Å². The molecule has 0 saturated heterocycles. The van der Waals surface area contributed by atoms with Crippen LogP contribution in [0.15, 0.2) is 24.3 Å². The maximum atomic E-state index is 11.5. The number of carbonyl (C=O) groups is 2. The molecule has 0 amide bonds. The van der Waals surface area contributed by atoms with E-state index in [1.165, 1.54) is 0 Å². The summed E-state index contributed by atoms with van der Waals surface area (Å²) in [6.07, 6.45) is 8.75. The summed E-state index contributed by atoms with van der Waals surface area (Å²) in [4.78, 5) is 22.9. The van der Waals surface area contributed by atoms with Gasteiger partial charge >= 0.3 is 0 Å². The Balaban J connectivity index is 1.87. The fraction of sp³-hybridized carbons (Fsp3) is 0.500. The standard InChI is InChI=1S/C12H10O2/c13-11-9-7-3-4-8(10(9)12(11)14)6-2-1-5(6)7/h1-10H. The maximum absolute atomic E-state index is 11.5. The number of Topliss-reactive ketones (excluding diaryl/α,β-unsaturated/α-hetero) is 2. The summed E-state index contributed by atoms with van der Waals surface area (Å²) in [5.41, 5.74) is 0. The summed E-state index contributed by atoms with van der Waals surface area (Å²) in [6.45, 7) is 0. The Kier molecular flexibility index (Phi) is 0.983. The molecule has 5 rings (SSSR count). The molecule has 2 heteroatoms. The van der Waals surface area contributed by atoms with Crippen LogP contribution in [0.25, 0.3) is 0 Å². The van der Waals surface area contributed by atoms with Gasteiger partial charge < -0.3 is 0 Å². The highest BCUT2D eigenvalue weighted by atomic mass is 16.2. The number of hydrogen-bond donors (Lipinski definition) is 0. The van der Waals surface area contributed by atoms with Gasteiger partial charge in [-0.2, -0.15) is 0 Å². The van der Waals surface area contributed by atoms with Crippen molar-refractivity contribution in [2.75, 3.05) is 0 Å². The third-order valence-corrected chi connectivity index (χ3v) is 4.51. The van der Waals surface area contributed by atoms with Gasteiger partial charge in [0.05, 0.1) is 0 Å². The molecule has 0 radical (unpaired) electrons. The normalized spacial score (nSPS) is 56.3. The summed E-state index contributed by atoms with van der Waals surface area (Å²) in [6, 6.07) is 0. The number of hydrogen-bond acceptors (Lipinski definition) is 2. The average Bonchev–Trinajstić information content (AvgIpc) is 2.15. The van der Waals surface area contributed by atoms with Crippen LogP contribution >= 0.6 is 0 Å². The molecule has 0 heterocycles. The maximum Gasteiger partial charge on any atom is 0.203 e. The van der Waals surface area contributed by atoms with Crippen molar-refractivity contribution in [3.8, 4) is 0 Å². The van der Waals surface area contributed by atoms with Crippen LogP contribution in [0.3, 0.4) is 0 Å². The van der Waals surface area contributed by atoms with E-state index >= 15 is 0 Å². The van der Waals surface area contributed by atoms with Crippen LogP contribution in [0.1, 0.15) is 0 Å². The highest BCUT2D eigenvalue weighted by molar-refractivity contribution is 6.46. The summed E-state index contributed by atoms with van der Waals surface area (Å²) in [5.74, 6) is 1.68. The van der Waals surface area contributed by atoms with E-state index in [-0.39, 0.29) is 23.4 Å². The molecule has 0 aromatic rings. The largest absolute Gasteiger partial charge is 0.291 e. The van der Waals surface area contributed by atoms with Gasteiger partial charge in [-0.1, -0.05) is 24.3 Å². The van der Waals surface area contributed by atoms with E-state index < -0.39 is 0 Å². The molecule has 2 bridgehead atoms. The highest BCUT2D eigenvalue weighted by Gasteiger charge is 2.64. The van der Waals surface area contributed by atoms with Crippen LogP contribution in [0.5, 0.6) is 0 Å². The van der Waals surface area contributed by atoms with E-state index in [4.69, 9.17) is 0 Å². The zero-order chi connectivity index (χ0) is 9.45. The van der Waals surface area contributed by atoms with Crippen molar-refractivity contribution in [2.24, 2.45) is 35.5 Å². The van der Waals surface area contributed by atoms with Crippen LogP contribution < -0.4 is 0 Å². The monoisotopic (exact) mass is 186 g/mol. The number of carbonyl (C=O) groups excluding carboxylic acids is 2. The third kappa shape index (κ3) is 0.519. The van der Waals surface area contributed by atoms with Gasteiger partial charge in [-0.15, -0.1) is 0 Å². The smallest absolute Gasteiger partial charge is 0.203 e. The van der Waals surface area contributed by atoms with E-state index in [2.05, 4.69) is 24.3 Å².